The molecule has 9 nitrogen and oxygen atoms in total. The molecule has 156 valence electrons. The summed E-state index contributed by atoms with van der Waals surface area (Å²) in [5, 5.41) is 10.7. The van der Waals surface area contributed by atoms with Crippen molar-refractivity contribution < 1.29 is 14.3 Å². The number of hydrogen-bond donors (Lipinski definition) is 1. The molecule has 2 amide bonds. The predicted molar refractivity (Wildman–Crippen MR) is 107 cm³/mol. The Hall–Kier alpha value is -2.78. The highest BCUT2D eigenvalue weighted by molar-refractivity contribution is 5.91. The number of ether oxygens (including phenoxy) is 1. The van der Waals surface area contributed by atoms with Gasteiger partial charge in [0, 0.05) is 33.7 Å². The Bertz CT molecular complexity index is 827. The number of carbonyl (C=O) groups excluding carboxylic acids is 2. The molecule has 2 aromatic rings. The van der Waals surface area contributed by atoms with Gasteiger partial charge in [0.05, 0.1) is 25.5 Å². The fourth-order valence-corrected chi connectivity index (χ4v) is 3.18. The van der Waals surface area contributed by atoms with Crippen molar-refractivity contribution in [2.45, 2.75) is 19.5 Å². The maximum absolute atomic E-state index is 12.6. The van der Waals surface area contributed by atoms with Crippen molar-refractivity contribution in [3.8, 4) is 0 Å². The van der Waals surface area contributed by atoms with Gasteiger partial charge in [0.25, 0.3) is 5.91 Å². The maximum atomic E-state index is 12.6. The molecule has 1 N–H and O–H groups in total. The number of aromatic nitrogens is 3. The molecule has 0 saturated carbocycles. The molecule has 1 saturated heterocycles. The number of likely N-dealkylation sites (N-methyl/N-ethyl adjacent to an activating group) is 1. The highest BCUT2D eigenvalue weighted by atomic mass is 16.5. The van der Waals surface area contributed by atoms with Crippen molar-refractivity contribution >= 4 is 11.8 Å². The molecule has 0 radical (unpaired) electrons. The van der Waals surface area contributed by atoms with E-state index in [0.29, 0.717) is 19.8 Å². The van der Waals surface area contributed by atoms with Crippen LogP contribution in [-0.4, -0.2) is 83.6 Å². The van der Waals surface area contributed by atoms with E-state index in [4.69, 9.17) is 4.74 Å². The zero-order valence-corrected chi connectivity index (χ0v) is 17.2. The van der Waals surface area contributed by atoms with E-state index >= 15 is 0 Å². The van der Waals surface area contributed by atoms with E-state index in [1.807, 2.05) is 0 Å². The normalized spacial score (nSPS) is 15.7. The van der Waals surface area contributed by atoms with Crippen LogP contribution in [0.2, 0.25) is 0 Å². The molecule has 1 aliphatic heterocycles. The van der Waals surface area contributed by atoms with Crippen molar-refractivity contribution in [1.29, 1.82) is 0 Å². The van der Waals surface area contributed by atoms with Gasteiger partial charge in [0.2, 0.25) is 5.91 Å². The van der Waals surface area contributed by atoms with Gasteiger partial charge in [-0.15, -0.1) is 5.10 Å². The molecule has 0 aliphatic carbocycles. The number of morpholine rings is 1. The number of carbonyl (C=O) groups is 2. The van der Waals surface area contributed by atoms with E-state index in [0.717, 1.165) is 18.7 Å². The van der Waals surface area contributed by atoms with Crippen LogP contribution in [0.1, 0.15) is 27.7 Å². The Labute approximate surface area is 170 Å². The van der Waals surface area contributed by atoms with Crippen LogP contribution in [0.4, 0.5) is 0 Å². The number of benzene rings is 1. The summed E-state index contributed by atoms with van der Waals surface area (Å²) in [5.74, 6) is -0.424. The van der Waals surface area contributed by atoms with E-state index in [-0.39, 0.29) is 30.1 Å². The van der Waals surface area contributed by atoms with Crippen molar-refractivity contribution in [1.82, 2.24) is 30.1 Å². The summed E-state index contributed by atoms with van der Waals surface area (Å²) in [5.41, 5.74) is 2.54. The lowest BCUT2D eigenvalue weighted by Gasteiger charge is -2.35. The molecular formula is C20H28N6O3. The van der Waals surface area contributed by atoms with Crippen LogP contribution in [-0.2, 0) is 16.1 Å². The SMILES string of the molecule is Cc1ccc(C(CNC(=O)c2cn(CC(=O)N(C)C)nn2)N2CCOCC2)cc1. The smallest absolute Gasteiger partial charge is 0.273 e. The highest BCUT2D eigenvalue weighted by Gasteiger charge is 2.24. The molecule has 0 spiro atoms. The number of nitrogens with zero attached hydrogens (tertiary/aromatic N) is 5. The number of rotatable bonds is 7. The summed E-state index contributed by atoms with van der Waals surface area (Å²) in [6, 6.07) is 8.42. The van der Waals surface area contributed by atoms with Crippen molar-refractivity contribution in [3.63, 3.8) is 0 Å². The van der Waals surface area contributed by atoms with E-state index < -0.39 is 0 Å². The zero-order chi connectivity index (χ0) is 20.8. The molecule has 9 heteroatoms. The van der Waals surface area contributed by atoms with E-state index in [1.54, 1.807) is 14.1 Å². The average Bonchev–Trinajstić information content (AvgIpc) is 3.18. The van der Waals surface area contributed by atoms with Gasteiger partial charge in [-0.25, -0.2) is 4.68 Å². The van der Waals surface area contributed by atoms with E-state index in [1.165, 1.54) is 21.3 Å². The standard InChI is InChI=1S/C20H28N6O3/c1-15-4-6-16(7-5-15)18(25-8-10-29-11-9-25)12-21-20(28)17-13-26(23-22-17)14-19(27)24(2)3/h4-7,13,18H,8-12,14H2,1-3H3,(H,21,28). The molecule has 1 atom stereocenters. The topological polar surface area (TPSA) is 92.6 Å². The second-order valence-electron chi connectivity index (χ2n) is 7.37. The molecule has 1 aromatic heterocycles. The van der Waals surface area contributed by atoms with Crippen molar-refractivity contribution in [2.75, 3.05) is 46.9 Å². The number of aryl methyl sites for hydroxylation is 1. The number of nitrogens with one attached hydrogen (secondary N) is 1. The van der Waals surface area contributed by atoms with Gasteiger partial charge in [-0.3, -0.25) is 14.5 Å². The molecule has 0 bridgehead atoms. The fraction of sp³-hybridized carbons (Fsp3) is 0.500. The first-order chi connectivity index (χ1) is 13.9. The average molecular weight is 400 g/mol. The van der Waals surface area contributed by atoms with Crippen LogP contribution in [0.3, 0.4) is 0 Å². The number of hydrogen-bond acceptors (Lipinski definition) is 6. The summed E-state index contributed by atoms with van der Waals surface area (Å²) in [6.07, 6.45) is 1.49. The molecule has 1 unspecified atom stereocenters. The minimum Gasteiger partial charge on any atom is -0.379 e. The molecular weight excluding hydrogens is 372 g/mol. The van der Waals surface area contributed by atoms with Gasteiger partial charge >= 0.3 is 0 Å². The van der Waals surface area contributed by atoms with Crippen LogP contribution >= 0.6 is 0 Å². The Balaban J connectivity index is 1.65. The largest absolute Gasteiger partial charge is 0.379 e. The molecule has 1 aliphatic rings. The Morgan fingerprint density at radius 2 is 1.90 bits per heavy atom. The highest BCUT2D eigenvalue weighted by Crippen LogP contribution is 2.22. The first-order valence-corrected chi connectivity index (χ1v) is 9.71. The first kappa shape index (κ1) is 20.9. The summed E-state index contributed by atoms with van der Waals surface area (Å²) in [4.78, 5) is 28.2. The van der Waals surface area contributed by atoms with E-state index in [2.05, 4.69) is 51.7 Å². The molecule has 29 heavy (non-hydrogen) atoms. The number of amides is 2. The van der Waals surface area contributed by atoms with Crippen molar-refractivity contribution in [3.05, 3.63) is 47.3 Å². The van der Waals surface area contributed by atoms with Crippen LogP contribution in [0.25, 0.3) is 0 Å². The zero-order valence-electron chi connectivity index (χ0n) is 17.2. The maximum Gasteiger partial charge on any atom is 0.273 e. The van der Waals surface area contributed by atoms with Gasteiger partial charge in [0.15, 0.2) is 5.69 Å². The lowest BCUT2D eigenvalue weighted by molar-refractivity contribution is -0.129. The molecule has 3 rings (SSSR count). The monoisotopic (exact) mass is 400 g/mol. The Morgan fingerprint density at radius 3 is 2.55 bits per heavy atom. The van der Waals surface area contributed by atoms with Gasteiger partial charge in [-0.05, 0) is 12.5 Å². The van der Waals surface area contributed by atoms with Gasteiger partial charge in [-0.1, -0.05) is 35.0 Å². The quantitative estimate of drug-likeness (QED) is 0.727. The van der Waals surface area contributed by atoms with Crippen LogP contribution in [0, 0.1) is 6.92 Å². The lowest BCUT2D eigenvalue weighted by atomic mass is 10.0. The van der Waals surface area contributed by atoms with Gasteiger partial charge in [-0.2, -0.15) is 0 Å². The Morgan fingerprint density at radius 1 is 1.21 bits per heavy atom. The minimum absolute atomic E-state index is 0.0487. The van der Waals surface area contributed by atoms with Crippen molar-refractivity contribution in [2.24, 2.45) is 0 Å². The summed E-state index contributed by atoms with van der Waals surface area (Å²) in [7, 11) is 3.34. The third-order valence-electron chi connectivity index (χ3n) is 4.97. The molecule has 2 heterocycles. The lowest BCUT2D eigenvalue weighted by Crippen LogP contribution is -2.43. The summed E-state index contributed by atoms with van der Waals surface area (Å²) in [6.45, 7) is 5.56. The first-order valence-electron chi connectivity index (χ1n) is 9.71. The Kier molecular flexibility index (Phi) is 6.95. The van der Waals surface area contributed by atoms with Gasteiger partial charge < -0.3 is 15.0 Å². The summed E-state index contributed by atoms with van der Waals surface area (Å²) >= 11 is 0. The second-order valence-corrected chi connectivity index (χ2v) is 7.37. The van der Waals surface area contributed by atoms with Crippen LogP contribution < -0.4 is 5.32 Å². The van der Waals surface area contributed by atoms with E-state index in [9.17, 15) is 9.59 Å². The second kappa shape index (κ2) is 9.62. The predicted octanol–water partition coefficient (Wildman–Crippen LogP) is 0.478. The van der Waals surface area contributed by atoms with Crippen LogP contribution in [0.5, 0.6) is 0 Å². The third-order valence-corrected chi connectivity index (χ3v) is 4.97. The minimum atomic E-state index is -0.307. The molecule has 1 aromatic carbocycles. The summed E-state index contributed by atoms with van der Waals surface area (Å²) < 4.78 is 6.84. The third kappa shape index (κ3) is 5.61. The fourth-order valence-electron chi connectivity index (χ4n) is 3.18. The molecule has 1 fully saturated rings. The van der Waals surface area contributed by atoms with Crippen LogP contribution in [0.15, 0.2) is 30.5 Å². The van der Waals surface area contributed by atoms with Gasteiger partial charge in [0.1, 0.15) is 6.54 Å².